The second-order valence-electron chi connectivity index (χ2n) is 9.08. The van der Waals surface area contributed by atoms with Gasteiger partial charge in [0.15, 0.2) is 5.82 Å². The van der Waals surface area contributed by atoms with Gasteiger partial charge < -0.3 is 20.5 Å². The third-order valence-electron chi connectivity index (χ3n) is 6.10. The average Bonchev–Trinajstić information content (AvgIpc) is 3.19. The van der Waals surface area contributed by atoms with Gasteiger partial charge in [0.2, 0.25) is 0 Å². The molecule has 1 atom stereocenters. The lowest BCUT2D eigenvalue weighted by atomic mass is 9.95. The number of hydrogen-bond donors (Lipinski definition) is 2. The first-order valence-electron chi connectivity index (χ1n) is 11.8. The summed E-state index contributed by atoms with van der Waals surface area (Å²) in [6.07, 6.45) is 2.99. The molecule has 0 aliphatic heterocycles. The van der Waals surface area contributed by atoms with E-state index >= 15 is 4.39 Å². The first-order valence-corrected chi connectivity index (χ1v) is 12.1. The molecule has 194 valence electrons. The van der Waals surface area contributed by atoms with E-state index in [0.29, 0.717) is 39.9 Å². The maximum absolute atomic E-state index is 15.5. The molecule has 0 spiro atoms. The number of hydrogen-bond acceptors (Lipinski definition) is 6. The van der Waals surface area contributed by atoms with Gasteiger partial charge in [-0.25, -0.2) is 14.4 Å². The van der Waals surface area contributed by atoms with Gasteiger partial charge in [0, 0.05) is 29.6 Å². The van der Waals surface area contributed by atoms with Gasteiger partial charge in [0.1, 0.15) is 34.2 Å². The average molecular weight is 526 g/mol. The monoisotopic (exact) mass is 525 g/mol. The Morgan fingerprint density at radius 2 is 1.95 bits per heavy atom. The van der Waals surface area contributed by atoms with E-state index < -0.39 is 17.6 Å². The fourth-order valence-corrected chi connectivity index (χ4v) is 4.53. The second kappa shape index (κ2) is 10.3. The summed E-state index contributed by atoms with van der Waals surface area (Å²) in [4.78, 5) is 22.4. The Labute approximate surface area is 219 Å². The molecule has 10 heteroatoms. The first kappa shape index (κ1) is 26.2. The minimum absolute atomic E-state index is 0.101. The third-order valence-corrected chi connectivity index (χ3v) is 6.38. The van der Waals surface area contributed by atoms with Crippen molar-refractivity contribution in [3.63, 3.8) is 0 Å². The minimum Gasteiger partial charge on any atom is -0.497 e. The number of imidazole rings is 1. The standard InChI is InChI=1S/C27H29ClFN5O3/c1-13(2)37-24-18(15(4)26-32-16(5)23-25(30)31-9-10-34(23)26)12-19(28)22(29)21(24)27(35)33-20-8-7-17(36-6)11-14(20)3/h7-13,15H,1-6H3,(H2,30,31)(H,33,35). The molecule has 1 amide bonds. The van der Waals surface area contributed by atoms with Crippen LogP contribution in [0.15, 0.2) is 36.7 Å². The zero-order valence-corrected chi connectivity index (χ0v) is 22.3. The summed E-state index contributed by atoms with van der Waals surface area (Å²) in [7, 11) is 1.56. The molecule has 4 aromatic rings. The number of halogens is 2. The Balaban J connectivity index is 1.86. The number of methoxy groups -OCH3 is 1. The number of nitrogens with one attached hydrogen (secondary N) is 1. The van der Waals surface area contributed by atoms with Crippen LogP contribution in [0.5, 0.6) is 11.5 Å². The molecule has 4 rings (SSSR count). The van der Waals surface area contributed by atoms with Gasteiger partial charge in [-0.1, -0.05) is 18.5 Å². The highest BCUT2D eigenvalue weighted by molar-refractivity contribution is 6.31. The zero-order chi connectivity index (χ0) is 27.0. The molecule has 2 heterocycles. The number of aryl methyl sites for hydroxylation is 2. The molecule has 0 saturated heterocycles. The van der Waals surface area contributed by atoms with Gasteiger partial charge in [-0.05, 0) is 57.5 Å². The summed E-state index contributed by atoms with van der Waals surface area (Å²) in [5.41, 5.74) is 8.95. The number of nitrogens with two attached hydrogens (primary N) is 1. The normalized spacial score (nSPS) is 12.1. The molecule has 0 aliphatic rings. The predicted molar refractivity (Wildman–Crippen MR) is 143 cm³/mol. The van der Waals surface area contributed by atoms with E-state index in [1.807, 2.05) is 25.2 Å². The minimum atomic E-state index is -0.866. The number of amides is 1. The molecule has 1 unspecified atom stereocenters. The van der Waals surface area contributed by atoms with Crippen LogP contribution >= 0.6 is 11.6 Å². The van der Waals surface area contributed by atoms with Gasteiger partial charge in [0.25, 0.3) is 5.91 Å². The summed E-state index contributed by atoms with van der Waals surface area (Å²) < 4.78 is 28.6. The van der Waals surface area contributed by atoms with Crippen molar-refractivity contribution >= 4 is 34.5 Å². The quantitative estimate of drug-likeness (QED) is 0.310. The van der Waals surface area contributed by atoms with Gasteiger partial charge >= 0.3 is 0 Å². The van der Waals surface area contributed by atoms with Crippen molar-refractivity contribution < 1.29 is 18.7 Å². The lowest BCUT2D eigenvalue weighted by Gasteiger charge is -2.22. The third kappa shape index (κ3) is 4.91. The molecular formula is C27H29ClFN5O3. The lowest BCUT2D eigenvalue weighted by Crippen LogP contribution is -2.20. The molecule has 0 aliphatic carbocycles. The Hall–Kier alpha value is -3.85. The number of nitrogens with zero attached hydrogens (tertiary/aromatic N) is 3. The number of nitrogen functional groups attached to an aromatic ring is 1. The van der Waals surface area contributed by atoms with Crippen LogP contribution < -0.4 is 20.5 Å². The highest BCUT2D eigenvalue weighted by Gasteiger charge is 2.30. The summed E-state index contributed by atoms with van der Waals surface area (Å²) in [5.74, 6) is -0.285. The zero-order valence-electron chi connectivity index (χ0n) is 21.5. The number of aromatic nitrogens is 3. The van der Waals surface area contributed by atoms with Crippen molar-refractivity contribution in [3.05, 3.63) is 75.7 Å². The van der Waals surface area contributed by atoms with Crippen molar-refractivity contribution in [2.45, 2.75) is 46.6 Å². The van der Waals surface area contributed by atoms with E-state index in [1.165, 1.54) is 6.07 Å². The number of ether oxygens (including phenoxy) is 2. The number of carbonyl (C=O) groups excluding carboxylic acids is 1. The van der Waals surface area contributed by atoms with Gasteiger partial charge in [-0.15, -0.1) is 0 Å². The van der Waals surface area contributed by atoms with Crippen molar-refractivity contribution in [1.82, 2.24) is 14.4 Å². The largest absolute Gasteiger partial charge is 0.497 e. The first-order chi connectivity index (χ1) is 17.5. The van der Waals surface area contributed by atoms with Gasteiger partial charge in [-0.3, -0.25) is 9.20 Å². The molecule has 8 nitrogen and oxygen atoms in total. The van der Waals surface area contributed by atoms with E-state index in [2.05, 4.69) is 10.3 Å². The van der Waals surface area contributed by atoms with Crippen LogP contribution in [0.4, 0.5) is 15.9 Å². The maximum Gasteiger partial charge on any atom is 0.262 e. The SMILES string of the molecule is COc1ccc(NC(=O)c2c(F)c(Cl)cc(C(C)c3nc(C)c4c(N)nccn34)c2OC(C)C)c(C)c1. The molecule has 0 radical (unpaired) electrons. The van der Waals surface area contributed by atoms with Gasteiger partial charge in [-0.2, -0.15) is 0 Å². The molecule has 0 fully saturated rings. The van der Waals surface area contributed by atoms with Crippen LogP contribution in [0.2, 0.25) is 5.02 Å². The molecule has 37 heavy (non-hydrogen) atoms. The number of rotatable bonds is 7. The van der Waals surface area contributed by atoms with Crippen LogP contribution in [0.3, 0.4) is 0 Å². The van der Waals surface area contributed by atoms with Crippen molar-refractivity contribution in [2.75, 3.05) is 18.2 Å². The van der Waals surface area contributed by atoms with Crippen LogP contribution in [-0.4, -0.2) is 33.5 Å². The molecule has 2 aromatic heterocycles. The Bertz CT molecular complexity index is 1500. The fraction of sp³-hybridized carbons (Fsp3) is 0.296. The second-order valence-corrected chi connectivity index (χ2v) is 9.48. The number of carbonyl (C=O) groups is 1. The Morgan fingerprint density at radius 3 is 2.59 bits per heavy atom. The van der Waals surface area contributed by atoms with E-state index in [1.54, 1.807) is 51.6 Å². The highest BCUT2D eigenvalue weighted by Crippen LogP contribution is 2.40. The number of benzene rings is 2. The lowest BCUT2D eigenvalue weighted by molar-refractivity contribution is 0.101. The summed E-state index contributed by atoms with van der Waals surface area (Å²) in [5, 5.41) is 2.59. The van der Waals surface area contributed by atoms with Crippen LogP contribution in [0.25, 0.3) is 5.52 Å². The van der Waals surface area contributed by atoms with Crippen molar-refractivity contribution in [2.24, 2.45) is 0 Å². The molecule has 2 aromatic carbocycles. The smallest absolute Gasteiger partial charge is 0.262 e. The predicted octanol–water partition coefficient (Wildman–Crippen LogP) is 5.92. The summed E-state index contributed by atoms with van der Waals surface area (Å²) >= 11 is 6.34. The van der Waals surface area contributed by atoms with Crippen LogP contribution in [0, 0.1) is 19.7 Å². The van der Waals surface area contributed by atoms with Crippen molar-refractivity contribution in [1.29, 1.82) is 0 Å². The summed E-state index contributed by atoms with van der Waals surface area (Å²) in [6, 6.07) is 6.66. The van der Waals surface area contributed by atoms with E-state index in [4.69, 9.17) is 31.8 Å². The molecular weight excluding hydrogens is 497 g/mol. The van der Waals surface area contributed by atoms with E-state index in [9.17, 15) is 4.79 Å². The topological polar surface area (TPSA) is 104 Å². The molecule has 0 saturated carbocycles. The van der Waals surface area contributed by atoms with Crippen LogP contribution in [0.1, 0.15) is 59.7 Å². The number of fused-ring (bicyclic) bond motifs is 1. The maximum atomic E-state index is 15.5. The van der Waals surface area contributed by atoms with Crippen molar-refractivity contribution in [3.8, 4) is 11.5 Å². The van der Waals surface area contributed by atoms with Gasteiger partial charge in [0.05, 0.1) is 23.9 Å². The highest BCUT2D eigenvalue weighted by atomic mass is 35.5. The fourth-order valence-electron chi connectivity index (χ4n) is 4.32. The summed E-state index contributed by atoms with van der Waals surface area (Å²) in [6.45, 7) is 9.15. The Morgan fingerprint density at radius 1 is 1.22 bits per heavy atom. The van der Waals surface area contributed by atoms with E-state index in [-0.39, 0.29) is 22.4 Å². The van der Waals surface area contributed by atoms with E-state index in [0.717, 1.165) is 5.56 Å². The number of anilines is 2. The Kier molecular flexibility index (Phi) is 7.27. The molecule has 3 N–H and O–H groups in total. The molecule has 0 bridgehead atoms. The van der Waals surface area contributed by atoms with Crippen LogP contribution in [-0.2, 0) is 0 Å².